The van der Waals surface area contributed by atoms with Gasteiger partial charge in [-0.2, -0.15) is 0 Å². The molecule has 0 amide bonds. The highest BCUT2D eigenvalue weighted by Crippen LogP contribution is 2.42. The second-order valence-electron chi connectivity index (χ2n) is 4.93. The molecule has 1 aromatic rings. The monoisotopic (exact) mass is 283 g/mol. The molecule has 4 unspecified atom stereocenters. The van der Waals surface area contributed by atoms with Crippen molar-refractivity contribution < 1.29 is 9.66 Å². The van der Waals surface area contributed by atoms with E-state index in [9.17, 15) is 10.1 Å². The van der Waals surface area contributed by atoms with Gasteiger partial charge in [-0.15, -0.1) is 0 Å². The molecule has 19 heavy (non-hydrogen) atoms. The SMILES string of the molecule is NC1C2CCOC2C1Nc1c(Cl)cccc1[N+](=O)[O-]. The van der Waals surface area contributed by atoms with Gasteiger partial charge in [-0.1, -0.05) is 17.7 Å². The van der Waals surface area contributed by atoms with Gasteiger partial charge in [-0.3, -0.25) is 10.1 Å². The van der Waals surface area contributed by atoms with Gasteiger partial charge in [0.15, 0.2) is 0 Å². The molecule has 2 aliphatic rings. The van der Waals surface area contributed by atoms with Crippen LogP contribution in [-0.2, 0) is 4.74 Å². The van der Waals surface area contributed by atoms with Crippen molar-refractivity contribution in [2.45, 2.75) is 24.6 Å². The molecule has 0 bridgehead atoms. The quantitative estimate of drug-likeness (QED) is 0.652. The van der Waals surface area contributed by atoms with Crippen LogP contribution in [0.25, 0.3) is 0 Å². The number of nitro groups is 1. The lowest BCUT2D eigenvalue weighted by Gasteiger charge is -2.46. The Morgan fingerprint density at radius 2 is 2.32 bits per heavy atom. The van der Waals surface area contributed by atoms with E-state index in [0.29, 0.717) is 23.2 Å². The molecule has 6 nitrogen and oxygen atoms in total. The first-order valence-electron chi connectivity index (χ1n) is 6.16. The van der Waals surface area contributed by atoms with Crippen LogP contribution in [0.2, 0.25) is 5.02 Å². The molecule has 1 aliphatic carbocycles. The Labute approximate surface area is 115 Å². The van der Waals surface area contributed by atoms with Crippen LogP contribution >= 0.6 is 11.6 Å². The Hall–Kier alpha value is -1.37. The van der Waals surface area contributed by atoms with Gasteiger partial charge >= 0.3 is 0 Å². The smallest absolute Gasteiger partial charge is 0.293 e. The zero-order chi connectivity index (χ0) is 13.6. The fraction of sp³-hybridized carbons (Fsp3) is 0.500. The Morgan fingerprint density at radius 1 is 1.53 bits per heavy atom. The first-order chi connectivity index (χ1) is 9.09. The van der Waals surface area contributed by atoms with E-state index in [1.54, 1.807) is 12.1 Å². The summed E-state index contributed by atoms with van der Waals surface area (Å²) in [7, 11) is 0. The van der Waals surface area contributed by atoms with E-state index in [4.69, 9.17) is 22.1 Å². The highest BCUT2D eigenvalue weighted by Gasteiger charge is 2.52. The van der Waals surface area contributed by atoms with Crippen LogP contribution in [-0.4, -0.2) is 29.7 Å². The minimum atomic E-state index is -0.453. The number of rotatable bonds is 3. The van der Waals surface area contributed by atoms with E-state index in [2.05, 4.69) is 5.32 Å². The number of ether oxygens (including phenoxy) is 1. The maximum atomic E-state index is 11.0. The number of hydrogen-bond donors (Lipinski definition) is 2. The minimum absolute atomic E-state index is 0.0332. The molecule has 3 rings (SSSR count). The molecule has 1 heterocycles. The summed E-state index contributed by atoms with van der Waals surface area (Å²) in [5, 5.41) is 14.4. The third kappa shape index (κ3) is 1.96. The summed E-state index contributed by atoms with van der Waals surface area (Å²) >= 11 is 6.04. The first kappa shape index (κ1) is 12.7. The number of nitrogens with one attached hydrogen (secondary N) is 1. The standard InChI is InChI=1S/C12H14ClN3O3/c13-7-2-1-3-8(16(17)18)10(7)15-11-9(14)6-4-5-19-12(6)11/h1-3,6,9,11-12,15H,4-5,14H2. The van der Waals surface area contributed by atoms with Crippen LogP contribution in [0, 0.1) is 16.0 Å². The van der Waals surface area contributed by atoms with Gasteiger partial charge in [-0.25, -0.2) is 0 Å². The Bertz CT molecular complexity index is 525. The van der Waals surface area contributed by atoms with Crippen LogP contribution in [0.1, 0.15) is 6.42 Å². The van der Waals surface area contributed by atoms with Crippen LogP contribution in [0.4, 0.5) is 11.4 Å². The van der Waals surface area contributed by atoms with E-state index >= 15 is 0 Å². The lowest BCUT2D eigenvalue weighted by atomic mass is 9.72. The number of nitro benzene ring substituents is 1. The molecular weight excluding hydrogens is 270 g/mol. The van der Waals surface area contributed by atoms with Crippen molar-refractivity contribution in [3.05, 3.63) is 33.3 Å². The number of benzene rings is 1. The molecular formula is C12H14ClN3O3. The van der Waals surface area contributed by atoms with Gasteiger partial charge in [0.1, 0.15) is 5.69 Å². The molecule has 4 atom stereocenters. The van der Waals surface area contributed by atoms with E-state index < -0.39 is 4.92 Å². The number of fused-ring (bicyclic) bond motifs is 1. The Kier molecular flexibility index (Phi) is 3.08. The van der Waals surface area contributed by atoms with Crippen molar-refractivity contribution in [2.24, 2.45) is 11.7 Å². The second kappa shape index (κ2) is 4.63. The summed E-state index contributed by atoms with van der Waals surface area (Å²) in [6, 6.07) is 4.43. The zero-order valence-corrected chi connectivity index (χ0v) is 10.8. The lowest BCUT2D eigenvalue weighted by Crippen LogP contribution is -2.65. The highest BCUT2D eigenvalue weighted by molar-refractivity contribution is 6.33. The lowest BCUT2D eigenvalue weighted by molar-refractivity contribution is -0.384. The molecule has 0 spiro atoms. The van der Waals surface area contributed by atoms with Crippen LogP contribution < -0.4 is 11.1 Å². The number of nitrogens with zero attached hydrogens (tertiary/aromatic N) is 1. The number of nitrogens with two attached hydrogens (primary N) is 1. The fourth-order valence-electron chi connectivity index (χ4n) is 2.90. The average Bonchev–Trinajstić information content (AvgIpc) is 2.81. The van der Waals surface area contributed by atoms with Crippen LogP contribution in [0.15, 0.2) is 18.2 Å². The van der Waals surface area contributed by atoms with Crippen LogP contribution in [0.3, 0.4) is 0 Å². The second-order valence-corrected chi connectivity index (χ2v) is 5.33. The Balaban J connectivity index is 1.86. The van der Waals surface area contributed by atoms with Gasteiger partial charge in [0, 0.05) is 24.6 Å². The summed E-state index contributed by atoms with van der Waals surface area (Å²) in [5.74, 6) is 0.346. The maximum Gasteiger partial charge on any atom is 0.293 e. The van der Waals surface area contributed by atoms with E-state index in [0.717, 1.165) is 6.42 Å². The van der Waals surface area contributed by atoms with Crippen molar-refractivity contribution in [2.75, 3.05) is 11.9 Å². The summed E-state index contributed by atoms with van der Waals surface area (Å²) in [4.78, 5) is 10.6. The number of hydrogen-bond acceptors (Lipinski definition) is 5. The normalized spacial score (nSPS) is 32.5. The van der Waals surface area contributed by atoms with Gasteiger partial charge in [0.25, 0.3) is 5.69 Å². The molecule has 1 aliphatic heterocycles. The third-order valence-electron chi connectivity index (χ3n) is 3.95. The molecule has 1 saturated carbocycles. The number of para-hydroxylation sites is 1. The van der Waals surface area contributed by atoms with Gasteiger partial charge in [-0.05, 0) is 12.5 Å². The molecule has 2 fully saturated rings. The number of halogens is 1. The summed E-state index contributed by atoms with van der Waals surface area (Å²) in [5.41, 5.74) is 6.36. The highest BCUT2D eigenvalue weighted by atomic mass is 35.5. The van der Waals surface area contributed by atoms with E-state index in [-0.39, 0.29) is 23.9 Å². The topological polar surface area (TPSA) is 90.4 Å². The summed E-state index contributed by atoms with van der Waals surface area (Å²) in [6.45, 7) is 0.700. The molecule has 102 valence electrons. The molecule has 0 radical (unpaired) electrons. The Morgan fingerprint density at radius 3 is 3.05 bits per heavy atom. The molecule has 1 aromatic carbocycles. The summed E-state index contributed by atoms with van der Waals surface area (Å²) < 4.78 is 5.59. The average molecular weight is 284 g/mol. The maximum absolute atomic E-state index is 11.0. The van der Waals surface area contributed by atoms with Crippen molar-refractivity contribution in [1.29, 1.82) is 0 Å². The van der Waals surface area contributed by atoms with Crippen LogP contribution in [0.5, 0.6) is 0 Å². The van der Waals surface area contributed by atoms with Crippen molar-refractivity contribution in [3.63, 3.8) is 0 Å². The molecule has 1 saturated heterocycles. The summed E-state index contributed by atoms with van der Waals surface area (Å²) in [6.07, 6.45) is 0.986. The van der Waals surface area contributed by atoms with Crippen molar-refractivity contribution in [3.8, 4) is 0 Å². The zero-order valence-electron chi connectivity index (χ0n) is 10.1. The van der Waals surface area contributed by atoms with Gasteiger partial charge < -0.3 is 15.8 Å². The van der Waals surface area contributed by atoms with Gasteiger partial charge in [0.2, 0.25) is 0 Å². The van der Waals surface area contributed by atoms with Crippen molar-refractivity contribution in [1.82, 2.24) is 0 Å². The molecule has 7 heteroatoms. The molecule has 0 aromatic heterocycles. The van der Waals surface area contributed by atoms with E-state index in [1.807, 2.05) is 0 Å². The number of anilines is 1. The predicted octanol–water partition coefficient (Wildman–Crippen LogP) is 1.77. The van der Waals surface area contributed by atoms with Crippen molar-refractivity contribution >= 4 is 23.0 Å². The fourth-order valence-corrected chi connectivity index (χ4v) is 3.13. The van der Waals surface area contributed by atoms with Gasteiger partial charge in [0.05, 0.1) is 22.1 Å². The predicted molar refractivity (Wildman–Crippen MR) is 71.3 cm³/mol. The minimum Gasteiger partial charge on any atom is -0.376 e. The first-order valence-corrected chi connectivity index (χ1v) is 6.54. The third-order valence-corrected chi connectivity index (χ3v) is 4.26. The molecule has 3 N–H and O–H groups in total. The largest absolute Gasteiger partial charge is 0.376 e. The van der Waals surface area contributed by atoms with E-state index in [1.165, 1.54) is 6.07 Å².